The largest absolute Gasteiger partial charge is 0.454 e. The lowest BCUT2D eigenvalue weighted by Crippen LogP contribution is -2.37. The summed E-state index contributed by atoms with van der Waals surface area (Å²) >= 11 is 7.06. The molecule has 1 saturated carbocycles. The van der Waals surface area contributed by atoms with Gasteiger partial charge in [0.1, 0.15) is 4.21 Å². The van der Waals surface area contributed by atoms with E-state index in [1.807, 2.05) is 18.2 Å². The molecule has 0 amide bonds. The van der Waals surface area contributed by atoms with Crippen LogP contribution < -0.4 is 9.47 Å². The lowest BCUT2D eigenvalue weighted by molar-refractivity contribution is 0.174. The molecule has 2 aromatic rings. The third-order valence-corrected chi connectivity index (χ3v) is 8.22. The molecule has 2 heterocycles. The smallest absolute Gasteiger partial charge is 0.253 e. The highest BCUT2D eigenvalue weighted by molar-refractivity contribution is 7.91. The molecule has 0 saturated heterocycles. The number of sulfonamides is 1. The Hall–Kier alpha value is -1.28. The SMILES string of the molecule is O=S(=O)(c1ccc(Cl)s1)N(Cc1ccc2c(c1)OCO2)C1CCCC1. The summed E-state index contributed by atoms with van der Waals surface area (Å²) in [6, 6.07) is 8.83. The molecular weight excluding hydrogens is 382 g/mol. The minimum absolute atomic E-state index is 0.0244. The van der Waals surface area contributed by atoms with E-state index in [-0.39, 0.29) is 12.8 Å². The summed E-state index contributed by atoms with van der Waals surface area (Å²) in [5.41, 5.74) is 0.891. The first kappa shape index (κ1) is 17.1. The first-order valence-corrected chi connectivity index (χ1v) is 10.8. The van der Waals surface area contributed by atoms with Crippen LogP contribution in [0.5, 0.6) is 11.5 Å². The standard InChI is InChI=1S/C17H18ClNO4S2/c18-16-7-8-17(24-16)25(20,21)19(13-3-1-2-4-13)10-12-5-6-14-15(9-12)23-11-22-14/h5-9,13H,1-4,10-11H2. The Balaban J connectivity index is 1.66. The van der Waals surface area contributed by atoms with E-state index in [1.165, 1.54) is 0 Å². The van der Waals surface area contributed by atoms with E-state index >= 15 is 0 Å². The number of rotatable bonds is 5. The molecule has 0 spiro atoms. The molecule has 1 aliphatic heterocycles. The Morgan fingerprint density at radius 3 is 2.60 bits per heavy atom. The fourth-order valence-electron chi connectivity index (χ4n) is 3.37. The molecule has 4 rings (SSSR count). The zero-order valence-electron chi connectivity index (χ0n) is 13.5. The van der Waals surface area contributed by atoms with E-state index < -0.39 is 10.0 Å². The summed E-state index contributed by atoms with van der Waals surface area (Å²) in [7, 11) is -3.58. The van der Waals surface area contributed by atoms with Crippen LogP contribution in [0.25, 0.3) is 0 Å². The van der Waals surface area contributed by atoms with Gasteiger partial charge in [-0.15, -0.1) is 11.3 Å². The molecule has 1 aliphatic carbocycles. The fraction of sp³-hybridized carbons (Fsp3) is 0.412. The molecule has 0 radical (unpaired) electrons. The Morgan fingerprint density at radius 1 is 1.12 bits per heavy atom. The van der Waals surface area contributed by atoms with Crippen LogP contribution in [0.1, 0.15) is 31.2 Å². The fourth-order valence-corrected chi connectivity index (χ4v) is 6.66. The van der Waals surface area contributed by atoms with Crippen LogP contribution in [0.3, 0.4) is 0 Å². The lowest BCUT2D eigenvalue weighted by Gasteiger charge is -2.27. The normalized spacial score (nSPS) is 17.5. The molecule has 25 heavy (non-hydrogen) atoms. The van der Waals surface area contributed by atoms with Crippen LogP contribution in [-0.4, -0.2) is 25.6 Å². The van der Waals surface area contributed by atoms with Crippen molar-refractivity contribution in [3.63, 3.8) is 0 Å². The van der Waals surface area contributed by atoms with Crippen LogP contribution in [0.2, 0.25) is 4.34 Å². The van der Waals surface area contributed by atoms with Gasteiger partial charge >= 0.3 is 0 Å². The first-order chi connectivity index (χ1) is 12.0. The molecule has 134 valence electrons. The van der Waals surface area contributed by atoms with Crippen molar-refractivity contribution in [2.45, 2.75) is 42.5 Å². The summed E-state index contributed by atoms with van der Waals surface area (Å²) in [4.78, 5) is 0. The molecular formula is C17H18ClNO4S2. The van der Waals surface area contributed by atoms with Gasteiger partial charge in [-0.25, -0.2) is 8.42 Å². The molecule has 0 N–H and O–H groups in total. The van der Waals surface area contributed by atoms with Gasteiger partial charge in [0.2, 0.25) is 6.79 Å². The Kier molecular flexibility index (Phi) is 4.66. The highest BCUT2D eigenvalue weighted by Crippen LogP contribution is 2.36. The summed E-state index contributed by atoms with van der Waals surface area (Å²) in [6.45, 7) is 0.524. The van der Waals surface area contributed by atoms with E-state index in [2.05, 4.69) is 0 Å². The first-order valence-electron chi connectivity index (χ1n) is 8.20. The molecule has 0 bridgehead atoms. The second-order valence-electron chi connectivity index (χ2n) is 6.23. The van der Waals surface area contributed by atoms with Crippen molar-refractivity contribution in [1.82, 2.24) is 4.31 Å². The maximum Gasteiger partial charge on any atom is 0.253 e. The van der Waals surface area contributed by atoms with Gasteiger partial charge in [-0.05, 0) is 42.7 Å². The minimum Gasteiger partial charge on any atom is -0.454 e. The summed E-state index contributed by atoms with van der Waals surface area (Å²) in [6.07, 6.45) is 3.90. The number of benzene rings is 1. The van der Waals surface area contributed by atoms with Crippen molar-refractivity contribution in [3.05, 3.63) is 40.2 Å². The molecule has 0 unspecified atom stereocenters. The molecule has 8 heteroatoms. The second-order valence-corrected chi connectivity index (χ2v) is 10.1. The quantitative estimate of drug-likeness (QED) is 0.753. The summed E-state index contributed by atoms with van der Waals surface area (Å²) in [5.74, 6) is 1.37. The number of hydrogen-bond donors (Lipinski definition) is 0. The maximum absolute atomic E-state index is 13.2. The van der Waals surface area contributed by atoms with Gasteiger partial charge in [0.05, 0.1) is 4.34 Å². The van der Waals surface area contributed by atoms with Gasteiger partial charge in [-0.1, -0.05) is 30.5 Å². The molecule has 1 aromatic heterocycles. The molecule has 5 nitrogen and oxygen atoms in total. The van der Waals surface area contributed by atoms with Gasteiger partial charge in [0.15, 0.2) is 11.5 Å². The van der Waals surface area contributed by atoms with E-state index in [4.69, 9.17) is 21.1 Å². The zero-order chi connectivity index (χ0) is 17.4. The Morgan fingerprint density at radius 2 is 1.88 bits per heavy atom. The third-order valence-electron chi connectivity index (χ3n) is 4.62. The van der Waals surface area contributed by atoms with Crippen LogP contribution in [0, 0.1) is 0 Å². The van der Waals surface area contributed by atoms with Crippen LogP contribution in [0.4, 0.5) is 0 Å². The number of nitrogens with zero attached hydrogens (tertiary/aromatic N) is 1. The van der Waals surface area contributed by atoms with Gasteiger partial charge in [-0.2, -0.15) is 4.31 Å². The maximum atomic E-state index is 13.2. The topological polar surface area (TPSA) is 55.8 Å². The third kappa shape index (κ3) is 3.38. The average Bonchev–Trinajstić information content (AvgIpc) is 3.33. The predicted molar refractivity (Wildman–Crippen MR) is 96.9 cm³/mol. The zero-order valence-corrected chi connectivity index (χ0v) is 15.9. The van der Waals surface area contributed by atoms with E-state index in [0.29, 0.717) is 26.6 Å². The van der Waals surface area contributed by atoms with Crippen molar-refractivity contribution in [3.8, 4) is 11.5 Å². The number of ether oxygens (including phenoxy) is 2. The molecule has 0 atom stereocenters. The highest BCUT2D eigenvalue weighted by Gasteiger charge is 2.34. The van der Waals surface area contributed by atoms with Crippen LogP contribution in [0.15, 0.2) is 34.5 Å². The van der Waals surface area contributed by atoms with Crippen molar-refractivity contribution < 1.29 is 17.9 Å². The lowest BCUT2D eigenvalue weighted by atomic mass is 10.1. The van der Waals surface area contributed by atoms with Crippen molar-refractivity contribution in [1.29, 1.82) is 0 Å². The van der Waals surface area contributed by atoms with Gasteiger partial charge < -0.3 is 9.47 Å². The van der Waals surface area contributed by atoms with Crippen LogP contribution in [-0.2, 0) is 16.6 Å². The Bertz CT molecular complexity index is 875. The van der Waals surface area contributed by atoms with E-state index in [9.17, 15) is 8.42 Å². The molecule has 2 aliphatic rings. The summed E-state index contributed by atoms with van der Waals surface area (Å²) < 4.78 is 39.5. The second kappa shape index (κ2) is 6.79. The average molecular weight is 400 g/mol. The van der Waals surface area contributed by atoms with Crippen molar-refractivity contribution in [2.24, 2.45) is 0 Å². The van der Waals surface area contributed by atoms with Crippen LogP contribution >= 0.6 is 22.9 Å². The van der Waals surface area contributed by atoms with E-state index in [1.54, 1.807) is 16.4 Å². The van der Waals surface area contributed by atoms with Crippen molar-refractivity contribution in [2.75, 3.05) is 6.79 Å². The Labute approximate surface area is 156 Å². The summed E-state index contributed by atoms with van der Waals surface area (Å²) in [5, 5.41) is 0. The number of thiophene rings is 1. The van der Waals surface area contributed by atoms with Gasteiger partial charge in [-0.3, -0.25) is 0 Å². The predicted octanol–water partition coefficient (Wildman–Crippen LogP) is 4.26. The van der Waals surface area contributed by atoms with E-state index in [0.717, 1.165) is 42.6 Å². The van der Waals surface area contributed by atoms with Gasteiger partial charge in [0.25, 0.3) is 10.0 Å². The monoisotopic (exact) mass is 399 g/mol. The number of halogens is 1. The molecule has 1 fully saturated rings. The van der Waals surface area contributed by atoms with Gasteiger partial charge in [0, 0.05) is 12.6 Å². The van der Waals surface area contributed by atoms with Crippen molar-refractivity contribution >= 4 is 33.0 Å². The molecule has 1 aromatic carbocycles. The minimum atomic E-state index is -3.58. The highest BCUT2D eigenvalue weighted by atomic mass is 35.5. The number of fused-ring (bicyclic) bond motifs is 1. The number of hydrogen-bond acceptors (Lipinski definition) is 5.